The highest BCUT2D eigenvalue weighted by Gasteiger charge is 2.23. The number of carboxylic acid groups (broad SMARTS) is 1. The van der Waals surface area contributed by atoms with Crippen molar-refractivity contribution in [3.05, 3.63) is 101 Å². The molecule has 0 fully saturated rings. The van der Waals surface area contributed by atoms with Crippen molar-refractivity contribution >= 4 is 5.97 Å². The minimum atomic E-state index is -0.940. The van der Waals surface area contributed by atoms with Crippen LogP contribution in [0, 0.1) is 0 Å². The lowest BCUT2D eigenvalue weighted by Crippen LogP contribution is -2.25. The van der Waals surface area contributed by atoms with E-state index in [9.17, 15) is 14.7 Å². The second-order valence-corrected chi connectivity index (χ2v) is 6.68. The van der Waals surface area contributed by atoms with Gasteiger partial charge >= 0.3 is 11.7 Å². The summed E-state index contributed by atoms with van der Waals surface area (Å²) in [5.74, 6) is -0.940. The first kappa shape index (κ1) is 18.5. The van der Waals surface area contributed by atoms with Crippen LogP contribution in [0.4, 0.5) is 0 Å². The van der Waals surface area contributed by atoms with Crippen LogP contribution in [0.15, 0.2) is 95.8 Å². The number of hydrogen-bond donors (Lipinski definition) is 1. The average Bonchev–Trinajstić information content (AvgIpc) is 3.06. The lowest BCUT2D eigenvalue weighted by Gasteiger charge is -2.11. The van der Waals surface area contributed by atoms with E-state index in [1.165, 1.54) is 0 Å². The minimum Gasteiger partial charge on any atom is -0.481 e. The molecule has 1 aromatic heterocycles. The predicted molar refractivity (Wildman–Crippen MR) is 113 cm³/mol. The number of rotatable bonds is 6. The number of carbonyl (C=O) groups is 1. The number of hydrogen-bond acceptors (Lipinski definition) is 2. The Hall–Kier alpha value is -3.86. The zero-order valence-electron chi connectivity index (χ0n) is 15.7. The third kappa shape index (κ3) is 3.62. The molecule has 1 heterocycles. The molecule has 0 aliphatic carbocycles. The Morgan fingerprint density at radius 2 is 1.21 bits per heavy atom. The van der Waals surface area contributed by atoms with Crippen LogP contribution < -0.4 is 5.69 Å². The standard InChI is InChI=1S/C24H20N2O3/c27-21(28)16-17-25-22(18-10-4-1-5-11-18)23(19-12-6-2-7-13-19)26(24(25)29)20-14-8-3-9-15-20/h1-15H,16-17H2,(H,27,28). The summed E-state index contributed by atoms with van der Waals surface area (Å²) in [5.41, 5.74) is 3.70. The largest absolute Gasteiger partial charge is 0.481 e. The Bertz CT molecular complexity index is 1180. The summed E-state index contributed by atoms with van der Waals surface area (Å²) in [5, 5.41) is 9.22. The van der Waals surface area contributed by atoms with E-state index in [0.717, 1.165) is 22.5 Å². The Kier molecular flexibility index (Phi) is 5.12. The quantitative estimate of drug-likeness (QED) is 0.534. The molecule has 0 bridgehead atoms. The lowest BCUT2D eigenvalue weighted by molar-refractivity contribution is -0.137. The smallest absolute Gasteiger partial charge is 0.333 e. The van der Waals surface area contributed by atoms with Gasteiger partial charge in [-0.1, -0.05) is 78.9 Å². The molecule has 4 rings (SSSR count). The summed E-state index contributed by atoms with van der Waals surface area (Å²) in [6, 6.07) is 28.7. The third-order valence-corrected chi connectivity index (χ3v) is 4.80. The molecular weight excluding hydrogens is 364 g/mol. The second kappa shape index (κ2) is 8.02. The Balaban J connectivity index is 2.08. The SMILES string of the molecule is O=C(O)CCn1c(-c2ccccc2)c(-c2ccccc2)n(-c2ccccc2)c1=O. The molecule has 0 spiro atoms. The van der Waals surface area contributed by atoms with Crippen LogP contribution in [0.25, 0.3) is 28.2 Å². The van der Waals surface area contributed by atoms with Crippen molar-refractivity contribution in [1.82, 2.24) is 9.13 Å². The molecule has 0 saturated carbocycles. The molecule has 144 valence electrons. The zero-order chi connectivity index (χ0) is 20.2. The first-order chi connectivity index (χ1) is 14.2. The molecule has 0 atom stereocenters. The van der Waals surface area contributed by atoms with E-state index in [0.29, 0.717) is 5.69 Å². The molecule has 5 nitrogen and oxygen atoms in total. The first-order valence-corrected chi connectivity index (χ1v) is 9.40. The maximum absolute atomic E-state index is 13.5. The van der Waals surface area contributed by atoms with Gasteiger partial charge in [0.2, 0.25) is 0 Å². The lowest BCUT2D eigenvalue weighted by atomic mass is 10.0. The summed E-state index contributed by atoms with van der Waals surface area (Å²) in [7, 11) is 0. The Labute approximate surface area is 168 Å². The molecule has 4 aromatic rings. The third-order valence-electron chi connectivity index (χ3n) is 4.80. The number of imidazole rings is 1. The van der Waals surface area contributed by atoms with E-state index in [2.05, 4.69) is 0 Å². The molecule has 5 heteroatoms. The fourth-order valence-corrected chi connectivity index (χ4v) is 3.53. The van der Waals surface area contributed by atoms with Crippen LogP contribution in [-0.4, -0.2) is 20.2 Å². The fraction of sp³-hybridized carbons (Fsp3) is 0.0833. The molecule has 29 heavy (non-hydrogen) atoms. The van der Waals surface area contributed by atoms with Crippen LogP contribution in [0.5, 0.6) is 0 Å². The number of aliphatic carboxylic acids is 1. The second-order valence-electron chi connectivity index (χ2n) is 6.68. The topological polar surface area (TPSA) is 64.2 Å². The van der Waals surface area contributed by atoms with E-state index in [4.69, 9.17) is 0 Å². The molecule has 0 unspecified atom stereocenters. The molecule has 1 N–H and O–H groups in total. The summed E-state index contributed by atoms with van der Waals surface area (Å²) < 4.78 is 3.23. The van der Waals surface area contributed by atoms with E-state index < -0.39 is 5.97 Å². The highest BCUT2D eigenvalue weighted by Crippen LogP contribution is 2.33. The van der Waals surface area contributed by atoms with Gasteiger partial charge in [-0.15, -0.1) is 0 Å². The van der Waals surface area contributed by atoms with E-state index >= 15 is 0 Å². The first-order valence-electron chi connectivity index (χ1n) is 9.40. The van der Waals surface area contributed by atoms with Crippen LogP contribution in [-0.2, 0) is 11.3 Å². The van der Waals surface area contributed by atoms with Gasteiger partial charge in [-0.25, -0.2) is 4.79 Å². The van der Waals surface area contributed by atoms with Gasteiger partial charge in [-0.3, -0.25) is 13.9 Å². The summed E-state index contributed by atoms with van der Waals surface area (Å²) >= 11 is 0. The van der Waals surface area contributed by atoms with Gasteiger partial charge in [0.05, 0.1) is 23.5 Å². The van der Waals surface area contributed by atoms with Crippen LogP contribution in [0.1, 0.15) is 6.42 Å². The summed E-state index contributed by atoms with van der Waals surface area (Å²) in [6.45, 7) is 0.0953. The number of para-hydroxylation sites is 1. The predicted octanol–water partition coefficient (Wildman–Crippen LogP) is 4.45. The number of benzene rings is 3. The number of aromatic nitrogens is 2. The van der Waals surface area contributed by atoms with Crippen LogP contribution >= 0.6 is 0 Å². The van der Waals surface area contributed by atoms with Gasteiger partial charge < -0.3 is 5.11 Å². The number of nitrogens with zero attached hydrogens (tertiary/aromatic N) is 2. The van der Waals surface area contributed by atoms with Crippen molar-refractivity contribution in [3.8, 4) is 28.2 Å². The Morgan fingerprint density at radius 1 is 0.724 bits per heavy atom. The number of carboxylic acids is 1. The summed E-state index contributed by atoms with van der Waals surface area (Å²) in [4.78, 5) is 24.7. The van der Waals surface area contributed by atoms with Crippen LogP contribution in [0.3, 0.4) is 0 Å². The van der Waals surface area contributed by atoms with Gasteiger partial charge in [0.25, 0.3) is 0 Å². The van der Waals surface area contributed by atoms with Crippen molar-refractivity contribution in [1.29, 1.82) is 0 Å². The molecule has 0 radical (unpaired) electrons. The monoisotopic (exact) mass is 384 g/mol. The van der Waals surface area contributed by atoms with Gasteiger partial charge in [0, 0.05) is 17.7 Å². The van der Waals surface area contributed by atoms with Crippen molar-refractivity contribution < 1.29 is 9.90 Å². The maximum Gasteiger partial charge on any atom is 0.333 e. The van der Waals surface area contributed by atoms with E-state index in [1.807, 2.05) is 91.0 Å². The molecular formula is C24H20N2O3. The zero-order valence-corrected chi connectivity index (χ0v) is 15.7. The molecule has 0 aliphatic rings. The van der Waals surface area contributed by atoms with Crippen LogP contribution in [0.2, 0.25) is 0 Å². The molecule has 3 aromatic carbocycles. The van der Waals surface area contributed by atoms with Crippen molar-refractivity contribution in [2.75, 3.05) is 0 Å². The van der Waals surface area contributed by atoms with Crippen molar-refractivity contribution in [2.45, 2.75) is 13.0 Å². The van der Waals surface area contributed by atoms with Crippen molar-refractivity contribution in [2.24, 2.45) is 0 Å². The maximum atomic E-state index is 13.5. The van der Waals surface area contributed by atoms with Gasteiger partial charge in [0.15, 0.2) is 0 Å². The molecule has 0 amide bonds. The van der Waals surface area contributed by atoms with Gasteiger partial charge in [-0.2, -0.15) is 0 Å². The summed E-state index contributed by atoms with van der Waals surface area (Å²) in [6.07, 6.45) is -0.132. The van der Waals surface area contributed by atoms with Gasteiger partial charge in [-0.05, 0) is 12.1 Å². The normalized spacial score (nSPS) is 10.8. The minimum absolute atomic E-state index is 0.0953. The van der Waals surface area contributed by atoms with Crippen molar-refractivity contribution in [3.63, 3.8) is 0 Å². The highest BCUT2D eigenvalue weighted by molar-refractivity contribution is 5.80. The average molecular weight is 384 g/mol. The highest BCUT2D eigenvalue weighted by atomic mass is 16.4. The van der Waals surface area contributed by atoms with Gasteiger partial charge in [0.1, 0.15) is 0 Å². The van der Waals surface area contributed by atoms with E-state index in [-0.39, 0.29) is 18.7 Å². The molecule has 0 saturated heterocycles. The molecule has 0 aliphatic heterocycles. The fourth-order valence-electron chi connectivity index (χ4n) is 3.53. The Morgan fingerprint density at radius 3 is 1.72 bits per heavy atom. The van der Waals surface area contributed by atoms with E-state index in [1.54, 1.807) is 9.13 Å².